The number of hydrogen-bond donors (Lipinski definition) is 0. The molecule has 0 aliphatic carbocycles. The van der Waals surface area contributed by atoms with Crippen LogP contribution in [-0.2, 0) is 0 Å². The van der Waals surface area contributed by atoms with E-state index in [9.17, 15) is 13.6 Å². The maximum Gasteiger partial charge on any atom is 0.282 e. The van der Waals surface area contributed by atoms with Gasteiger partial charge < -0.3 is 4.90 Å². The second-order valence-corrected chi connectivity index (χ2v) is 4.29. The van der Waals surface area contributed by atoms with E-state index in [0.29, 0.717) is 4.47 Å². The third-order valence-corrected chi connectivity index (χ3v) is 2.57. The Labute approximate surface area is 93.2 Å². The average molecular weight is 277 g/mol. The second kappa shape index (κ2) is 3.52. The molecule has 0 unspecified atom stereocenters. The topological polar surface area (TPSA) is 33.2 Å². The maximum absolute atomic E-state index is 12.5. The van der Waals surface area contributed by atoms with E-state index in [1.165, 1.54) is 12.3 Å². The highest BCUT2D eigenvalue weighted by Gasteiger charge is 2.46. The van der Waals surface area contributed by atoms with Gasteiger partial charge in [0.15, 0.2) is 0 Å². The van der Waals surface area contributed by atoms with Crippen molar-refractivity contribution in [3.8, 4) is 0 Å². The van der Waals surface area contributed by atoms with Gasteiger partial charge in [-0.3, -0.25) is 9.78 Å². The Morgan fingerprint density at radius 2 is 2.20 bits per heavy atom. The largest absolute Gasteiger partial charge is 0.325 e. The number of rotatable bonds is 1. The monoisotopic (exact) mass is 276 g/mol. The van der Waals surface area contributed by atoms with Crippen LogP contribution < -0.4 is 0 Å². The molecule has 80 valence electrons. The van der Waals surface area contributed by atoms with Gasteiger partial charge in [0.25, 0.3) is 11.8 Å². The van der Waals surface area contributed by atoms with Crippen LogP contribution in [0.3, 0.4) is 0 Å². The van der Waals surface area contributed by atoms with E-state index in [2.05, 4.69) is 20.9 Å². The van der Waals surface area contributed by atoms with Crippen molar-refractivity contribution in [2.75, 3.05) is 13.1 Å². The van der Waals surface area contributed by atoms with Crippen molar-refractivity contribution in [3.05, 3.63) is 28.5 Å². The van der Waals surface area contributed by atoms with Crippen molar-refractivity contribution in [3.63, 3.8) is 0 Å². The van der Waals surface area contributed by atoms with Crippen LogP contribution in [0.1, 0.15) is 10.5 Å². The van der Waals surface area contributed by atoms with Crippen molar-refractivity contribution in [1.29, 1.82) is 0 Å². The fourth-order valence-electron chi connectivity index (χ4n) is 1.34. The molecule has 0 radical (unpaired) electrons. The first kappa shape index (κ1) is 10.5. The van der Waals surface area contributed by atoms with Crippen molar-refractivity contribution in [1.82, 2.24) is 9.88 Å². The van der Waals surface area contributed by atoms with E-state index in [-0.39, 0.29) is 5.69 Å². The normalized spacial score (nSPS) is 18.5. The third-order valence-electron chi connectivity index (χ3n) is 2.07. The number of aromatic nitrogens is 1. The van der Waals surface area contributed by atoms with Gasteiger partial charge >= 0.3 is 0 Å². The summed E-state index contributed by atoms with van der Waals surface area (Å²) in [5.41, 5.74) is 0.180. The lowest BCUT2D eigenvalue weighted by atomic mass is 10.1. The molecule has 0 bridgehead atoms. The Balaban J connectivity index is 2.10. The van der Waals surface area contributed by atoms with E-state index in [1.54, 1.807) is 6.07 Å². The fourth-order valence-corrected chi connectivity index (χ4v) is 1.67. The van der Waals surface area contributed by atoms with Crippen LogP contribution in [0.5, 0.6) is 0 Å². The smallest absolute Gasteiger partial charge is 0.282 e. The summed E-state index contributed by atoms with van der Waals surface area (Å²) in [4.78, 5) is 16.5. The number of amides is 1. The zero-order valence-electron chi connectivity index (χ0n) is 7.58. The van der Waals surface area contributed by atoms with Gasteiger partial charge in [-0.05, 0) is 12.1 Å². The minimum atomic E-state index is -2.73. The summed E-state index contributed by atoms with van der Waals surface area (Å²) >= 11 is 3.18. The first-order chi connectivity index (χ1) is 6.98. The van der Waals surface area contributed by atoms with Crippen molar-refractivity contribution < 1.29 is 13.6 Å². The fraction of sp³-hybridized carbons (Fsp3) is 0.333. The molecule has 0 N–H and O–H groups in total. The highest BCUT2D eigenvalue weighted by molar-refractivity contribution is 9.10. The number of hydrogen-bond acceptors (Lipinski definition) is 2. The predicted molar refractivity (Wildman–Crippen MR) is 52.8 cm³/mol. The summed E-state index contributed by atoms with van der Waals surface area (Å²) in [5.74, 6) is -3.19. The lowest BCUT2D eigenvalue weighted by Gasteiger charge is -2.38. The number of carbonyl (C=O) groups excluding carboxylic acids is 1. The molecule has 2 heterocycles. The van der Waals surface area contributed by atoms with E-state index in [1.807, 2.05) is 0 Å². The number of carbonyl (C=O) groups is 1. The van der Waals surface area contributed by atoms with Gasteiger partial charge in [-0.1, -0.05) is 15.9 Å². The molecular weight excluding hydrogens is 270 g/mol. The lowest BCUT2D eigenvalue weighted by molar-refractivity contribution is -0.113. The zero-order valence-corrected chi connectivity index (χ0v) is 9.17. The lowest BCUT2D eigenvalue weighted by Crippen LogP contribution is -2.58. The Morgan fingerprint density at radius 3 is 2.73 bits per heavy atom. The highest BCUT2D eigenvalue weighted by Crippen LogP contribution is 2.27. The standard InChI is InChI=1S/C9H7BrF2N2O/c10-6-1-2-13-7(3-6)8(15)14-4-9(11,12)5-14/h1-3H,4-5H2. The van der Waals surface area contributed by atoms with Gasteiger partial charge in [0, 0.05) is 10.7 Å². The summed E-state index contributed by atoms with van der Waals surface area (Å²) in [6, 6.07) is 3.18. The molecule has 1 aliphatic rings. The predicted octanol–water partition coefficient (Wildman–Crippen LogP) is 1.94. The molecule has 0 atom stereocenters. The molecule has 15 heavy (non-hydrogen) atoms. The van der Waals surface area contributed by atoms with Crippen LogP contribution in [-0.4, -0.2) is 34.8 Å². The van der Waals surface area contributed by atoms with E-state index in [4.69, 9.17) is 0 Å². The second-order valence-electron chi connectivity index (χ2n) is 3.38. The van der Waals surface area contributed by atoms with Gasteiger partial charge in [-0.25, -0.2) is 8.78 Å². The van der Waals surface area contributed by atoms with Crippen LogP contribution in [0, 0.1) is 0 Å². The van der Waals surface area contributed by atoms with E-state index in [0.717, 1.165) is 4.90 Å². The van der Waals surface area contributed by atoms with E-state index >= 15 is 0 Å². The van der Waals surface area contributed by atoms with Crippen molar-refractivity contribution in [2.24, 2.45) is 0 Å². The molecule has 1 aromatic rings. The van der Waals surface area contributed by atoms with Crippen molar-refractivity contribution >= 4 is 21.8 Å². The molecule has 1 aromatic heterocycles. The van der Waals surface area contributed by atoms with Gasteiger partial charge in [-0.15, -0.1) is 0 Å². The Morgan fingerprint density at radius 1 is 1.53 bits per heavy atom. The van der Waals surface area contributed by atoms with Gasteiger partial charge in [0.1, 0.15) is 5.69 Å². The van der Waals surface area contributed by atoms with Gasteiger partial charge in [-0.2, -0.15) is 0 Å². The molecule has 1 fully saturated rings. The Hall–Kier alpha value is -1.04. The zero-order chi connectivity index (χ0) is 11.1. The van der Waals surface area contributed by atoms with Crippen LogP contribution in [0.25, 0.3) is 0 Å². The minimum Gasteiger partial charge on any atom is -0.325 e. The molecule has 1 amide bonds. The molecule has 2 rings (SSSR count). The average Bonchev–Trinajstić information content (AvgIpc) is 2.13. The third kappa shape index (κ3) is 2.14. The van der Waals surface area contributed by atoms with Crippen molar-refractivity contribution in [2.45, 2.75) is 5.92 Å². The van der Waals surface area contributed by atoms with Gasteiger partial charge in [0.05, 0.1) is 13.1 Å². The minimum absolute atomic E-state index is 0.180. The summed E-state index contributed by atoms with van der Waals surface area (Å²) in [6.07, 6.45) is 1.45. The van der Waals surface area contributed by atoms with Crippen LogP contribution in [0.15, 0.2) is 22.8 Å². The Kier molecular flexibility index (Phi) is 2.46. The van der Waals surface area contributed by atoms with Gasteiger partial charge in [0.2, 0.25) is 0 Å². The number of likely N-dealkylation sites (tertiary alicyclic amines) is 1. The highest BCUT2D eigenvalue weighted by atomic mass is 79.9. The number of alkyl halides is 2. The molecule has 0 saturated carbocycles. The summed E-state index contributed by atoms with van der Waals surface area (Å²) < 4.78 is 25.7. The molecule has 1 saturated heterocycles. The summed E-state index contributed by atoms with van der Waals surface area (Å²) in [7, 11) is 0. The molecule has 1 aliphatic heterocycles. The molecular formula is C9H7BrF2N2O. The number of halogens is 3. The Bertz CT molecular complexity index is 403. The molecule has 0 aromatic carbocycles. The van der Waals surface area contributed by atoms with Crippen LogP contribution in [0.4, 0.5) is 8.78 Å². The number of nitrogens with zero attached hydrogens (tertiary/aromatic N) is 2. The molecule has 6 heteroatoms. The quantitative estimate of drug-likeness (QED) is 0.786. The maximum atomic E-state index is 12.5. The van der Waals surface area contributed by atoms with Crippen LogP contribution in [0.2, 0.25) is 0 Å². The SMILES string of the molecule is O=C(c1cc(Br)ccn1)N1CC(F)(F)C1. The first-order valence-electron chi connectivity index (χ1n) is 4.27. The molecule has 3 nitrogen and oxygen atoms in total. The van der Waals surface area contributed by atoms with E-state index < -0.39 is 24.9 Å². The summed E-state index contributed by atoms with van der Waals surface area (Å²) in [5, 5.41) is 0. The first-order valence-corrected chi connectivity index (χ1v) is 5.06. The van der Waals surface area contributed by atoms with Crippen LogP contribution >= 0.6 is 15.9 Å². The molecule has 0 spiro atoms. The number of pyridine rings is 1. The summed E-state index contributed by atoms with van der Waals surface area (Å²) in [6.45, 7) is -1.03.